The highest BCUT2D eigenvalue weighted by Crippen LogP contribution is 2.21. The van der Waals surface area contributed by atoms with Gasteiger partial charge in [0.2, 0.25) is 5.91 Å². The molecule has 0 saturated heterocycles. The van der Waals surface area contributed by atoms with Crippen LogP contribution in [0.3, 0.4) is 0 Å². The molecule has 150 valence electrons. The lowest BCUT2D eigenvalue weighted by atomic mass is 9.90. The number of benzene rings is 1. The number of carbonyl (C=O) groups is 1. The number of thioether (sulfide) groups is 1. The molecule has 0 fully saturated rings. The SMILES string of the molecule is CC(C)[C@](C)(C#N)NC(=O)CSc1nc2cc(Cl)ccc2c(=O)n1C[C@@H](C)O. The van der Waals surface area contributed by atoms with Gasteiger partial charge >= 0.3 is 0 Å². The van der Waals surface area contributed by atoms with Gasteiger partial charge in [0.25, 0.3) is 5.56 Å². The summed E-state index contributed by atoms with van der Waals surface area (Å²) in [5.41, 5.74) is -0.873. The number of aliphatic hydroxyl groups excluding tert-OH is 1. The smallest absolute Gasteiger partial charge is 0.262 e. The maximum atomic E-state index is 12.8. The van der Waals surface area contributed by atoms with Crippen molar-refractivity contribution < 1.29 is 9.90 Å². The molecule has 2 aromatic rings. The molecule has 1 heterocycles. The first-order valence-electron chi connectivity index (χ1n) is 8.80. The molecule has 0 unspecified atom stereocenters. The zero-order valence-corrected chi connectivity index (χ0v) is 17.8. The normalized spacial score (nSPS) is 14.5. The standard InChI is InChI=1S/C19H23ClN4O3S/c1-11(2)19(4,10-21)23-16(26)9-28-18-22-15-7-13(20)5-6-14(15)17(27)24(18)8-12(3)25/h5-7,11-12,25H,8-9H2,1-4H3,(H,23,26)/t12-,19+/m1/s1. The number of nitrogens with zero attached hydrogens (tertiary/aromatic N) is 3. The average Bonchev–Trinajstić information content (AvgIpc) is 2.61. The van der Waals surface area contributed by atoms with Gasteiger partial charge in [-0.2, -0.15) is 5.26 Å². The molecule has 0 saturated carbocycles. The van der Waals surface area contributed by atoms with Crippen molar-refractivity contribution in [2.45, 2.75) is 51.0 Å². The summed E-state index contributed by atoms with van der Waals surface area (Å²) in [6.07, 6.45) is -0.764. The van der Waals surface area contributed by atoms with Gasteiger partial charge in [-0.25, -0.2) is 4.98 Å². The lowest BCUT2D eigenvalue weighted by Gasteiger charge is -2.27. The summed E-state index contributed by atoms with van der Waals surface area (Å²) in [5.74, 6) is -0.435. The first-order chi connectivity index (χ1) is 13.1. The van der Waals surface area contributed by atoms with Crippen molar-refractivity contribution >= 4 is 40.2 Å². The van der Waals surface area contributed by atoms with E-state index < -0.39 is 11.6 Å². The second-order valence-corrected chi connectivity index (χ2v) is 8.51. The molecule has 2 atom stereocenters. The van der Waals surface area contributed by atoms with Gasteiger partial charge in [-0.05, 0) is 38.0 Å². The molecular weight excluding hydrogens is 400 g/mol. The zero-order chi connectivity index (χ0) is 21.1. The number of amides is 1. The Kier molecular flexibility index (Phi) is 7.10. The fraction of sp³-hybridized carbons (Fsp3) is 0.474. The van der Waals surface area contributed by atoms with Crippen molar-refractivity contribution in [2.24, 2.45) is 5.92 Å². The van der Waals surface area contributed by atoms with Gasteiger partial charge in [0.15, 0.2) is 5.16 Å². The van der Waals surface area contributed by atoms with Gasteiger partial charge < -0.3 is 10.4 Å². The van der Waals surface area contributed by atoms with E-state index in [2.05, 4.69) is 16.4 Å². The molecule has 0 aliphatic carbocycles. The van der Waals surface area contributed by atoms with E-state index in [0.29, 0.717) is 21.1 Å². The summed E-state index contributed by atoms with van der Waals surface area (Å²) in [6, 6.07) is 6.90. The monoisotopic (exact) mass is 422 g/mol. The van der Waals surface area contributed by atoms with Crippen LogP contribution in [-0.4, -0.2) is 38.0 Å². The Morgan fingerprint density at radius 3 is 2.71 bits per heavy atom. The summed E-state index contributed by atoms with van der Waals surface area (Å²) >= 11 is 7.07. The number of nitrogens with one attached hydrogen (secondary N) is 1. The molecule has 1 aromatic carbocycles. The number of aromatic nitrogens is 2. The van der Waals surface area contributed by atoms with Gasteiger partial charge in [-0.15, -0.1) is 0 Å². The van der Waals surface area contributed by atoms with Crippen LogP contribution >= 0.6 is 23.4 Å². The number of aliphatic hydroxyl groups is 1. The topological polar surface area (TPSA) is 108 Å². The van der Waals surface area contributed by atoms with Crippen molar-refractivity contribution in [3.05, 3.63) is 33.6 Å². The summed E-state index contributed by atoms with van der Waals surface area (Å²) in [7, 11) is 0. The van der Waals surface area contributed by atoms with E-state index in [-0.39, 0.29) is 29.7 Å². The largest absolute Gasteiger partial charge is 0.392 e. The van der Waals surface area contributed by atoms with Crippen LogP contribution < -0.4 is 10.9 Å². The highest BCUT2D eigenvalue weighted by Gasteiger charge is 2.30. The summed E-state index contributed by atoms with van der Waals surface area (Å²) in [4.78, 5) is 29.6. The van der Waals surface area contributed by atoms with E-state index in [9.17, 15) is 20.0 Å². The molecule has 0 aliphatic rings. The third kappa shape index (κ3) is 5.04. The van der Waals surface area contributed by atoms with Crippen LogP contribution in [0.25, 0.3) is 10.9 Å². The molecule has 2 rings (SSSR count). The Labute approximate surface area is 172 Å². The van der Waals surface area contributed by atoms with Crippen molar-refractivity contribution in [3.63, 3.8) is 0 Å². The van der Waals surface area contributed by atoms with Crippen LogP contribution in [0, 0.1) is 17.2 Å². The number of halogens is 1. The maximum absolute atomic E-state index is 12.8. The molecule has 0 radical (unpaired) electrons. The highest BCUT2D eigenvalue weighted by molar-refractivity contribution is 7.99. The molecule has 0 bridgehead atoms. The van der Waals surface area contributed by atoms with Crippen molar-refractivity contribution in [1.29, 1.82) is 5.26 Å². The molecule has 7 nitrogen and oxygen atoms in total. The van der Waals surface area contributed by atoms with Gasteiger partial charge in [0, 0.05) is 5.02 Å². The Morgan fingerprint density at radius 1 is 1.46 bits per heavy atom. The van der Waals surface area contributed by atoms with E-state index in [4.69, 9.17) is 11.6 Å². The molecule has 0 aliphatic heterocycles. The van der Waals surface area contributed by atoms with E-state index >= 15 is 0 Å². The minimum Gasteiger partial charge on any atom is -0.392 e. The molecule has 2 N–H and O–H groups in total. The lowest BCUT2D eigenvalue weighted by molar-refractivity contribution is -0.120. The van der Waals surface area contributed by atoms with Crippen LogP contribution in [0.2, 0.25) is 5.02 Å². The summed E-state index contributed by atoms with van der Waals surface area (Å²) in [6.45, 7) is 6.99. The number of fused-ring (bicyclic) bond motifs is 1. The van der Waals surface area contributed by atoms with Crippen LogP contribution in [-0.2, 0) is 11.3 Å². The fourth-order valence-corrected chi connectivity index (χ4v) is 3.44. The molecule has 1 aromatic heterocycles. The van der Waals surface area contributed by atoms with Crippen molar-refractivity contribution in [3.8, 4) is 6.07 Å². The molecule has 28 heavy (non-hydrogen) atoms. The van der Waals surface area contributed by atoms with Crippen LogP contribution in [0.15, 0.2) is 28.2 Å². The summed E-state index contributed by atoms with van der Waals surface area (Å²) in [5, 5.41) is 23.0. The Hall–Kier alpha value is -2.08. The van der Waals surface area contributed by atoms with E-state index in [1.54, 1.807) is 32.0 Å². The fourth-order valence-electron chi connectivity index (χ4n) is 2.47. The number of hydrogen-bond acceptors (Lipinski definition) is 6. The predicted octanol–water partition coefficient (Wildman–Crippen LogP) is 2.58. The van der Waals surface area contributed by atoms with Gasteiger partial charge in [-0.1, -0.05) is 37.2 Å². The third-order valence-corrected chi connectivity index (χ3v) is 5.66. The first-order valence-corrected chi connectivity index (χ1v) is 10.2. The molecule has 0 spiro atoms. The number of nitriles is 1. The number of hydrogen-bond donors (Lipinski definition) is 2. The highest BCUT2D eigenvalue weighted by atomic mass is 35.5. The molecule has 1 amide bonds. The second-order valence-electron chi connectivity index (χ2n) is 7.13. The van der Waals surface area contributed by atoms with Crippen LogP contribution in [0.4, 0.5) is 0 Å². The predicted molar refractivity (Wildman–Crippen MR) is 110 cm³/mol. The Bertz CT molecular complexity index is 984. The minimum absolute atomic E-state index is 0.0255. The quantitative estimate of drug-likeness (QED) is 0.524. The van der Waals surface area contributed by atoms with Crippen LogP contribution in [0.1, 0.15) is 27.7 Å². The Morgan fingerprint density at radius 2 is 2.14 bits per heavy atom. The molecular formula is C19H23ClN4O3S. The van der Waals surface area contributed by atoms with Gasteiger partial charge in [-0.3, -0.25) is 14.2 Å². The summed E-state index contributed by atoms with van der Waals surface area (Å²) < 4.78 is 1.35. The zero-order valence-electron chi connectivity index (χ0n) is 16.2. The number of rotatable bonds is 7. The maximum Gasteiger partial charge on any atom is 0.262 e. The average molecular weight is 423 g/mol. The second kappa shape index (κ2) is 8.95. The lowest BCUT2D eigenvalue weighted by Crippen LogP contribution is -2.49. The Balaban J connectivity index is 2.33. The van der Waals surface area contributed by atoms with Crippen LogP contribution in [0.5, 0.6) is 0 Å². The van der Waals surface area contributed by atoms with Crippen molar-refractivity contribution in [1.82, 2.24) is 14.9 Å². The third-order valence-electron chi connectivity index (χ3n) is 4.45. The number of carbonyl (C=O) groups excluding carboxylic acids is 1. The van der Waals surface area contributed by atoms with E-state index in [0.717, 1.165) is 11.8 Å². The van der Waals surface area contributed by atoms with E-state index in [1.165, 1.54) is 4.57 Å². The molecule has 9 heteroatoms. The van der Waals surface area contributed by atoms with Gasteiger partial charge in [0.05, 0.1) is 35.4 Å². The van der Waals surface area contributed by atoms with Crippen molar-refractivity contribution in [2.75, 3.05) is 5.75 Å². The first kappa shape index (κ1) is 22.2. The van der Waals surface area contributed by atoms with E-state index in [1.807, 2.05) is 13.8 Å². The van der Waals surface area contributed by atoms with Gasteiger partial charge in [0.1, 0.15) is 5.54 Å². The minimum atomic E-state index is -0.985.